The van der Waals surface area contributed by atoms with Crippen molar-refractivity contribution >= 4 is 7.28 Å². The molecule has 0 saturated carbocycles. The van der Waals surface area contributed by atoms with Crippen molar-refractivity contribution in [1.29, 1.82) is 0 Å². The Morgan fingerprint density at radius 1 is 1.64 bits per heavy atom. The van der Waals surface area contributed by atoms with E-state index in [-0.39, 0.29) is 0 Å². The summed E-state index contributed by atoms with van der Waals surface area (Å²) in [5.74, 6) is 0.595. The van der Waals surface area contributed by atoms with E-state index < -0.39 is 0 Å². The van der Waals surface area contributed by atoms with Gasteiger partial charge in [0.2, 0.25) is 0 Å². The highest BCUT2D eigenvalue weighted by molar-refractivity contribution is 6.39. The SMILES string of the molecule is C=CC[B]C(CCC)C(=C)C. The first-order valence-electron chi connectivity index (χ1n) is 4.32. The van der Waals surface area contributed by atoms with E-state index in [1.807, 2.05) is 6.08 Å². The van der Waals surface area contributed by atoms with Crippen LogP contribution in [0.15, 0.2) is 24.8 Å². The van der Waals surface area contributed by atoms with E-state index in [2.05, 4.69) is 34.3 Å². The summed E-state index contributed by atoms with van der Waals surface area (Å²) in [7, 11) is 2.29. The zero-order valence-electron chi connectivity index (χ0n) is 7.77. The van der Waals surface area contributed by atoms with E-state index >= 15 is 0 Å². The Hall–Kier alpha value is -0.455. The van der Waals surface area contributed by atoms with Gasteiger partial charge in [0.05, 0.1) is 0 Å². The maximum absolute atomic E-state index is 3.96. The molecule has 0 aromatic rings. The molecule has 0 aromatic heterocycles. The van der Waals surface area contributed by atoms with Crippen LogP contribution in [0, 0.1) is 0 Å². The molecule has 11 heavy (non-hydrogen) atoms. The number of hydrogen-bond acceptors (Lipinski definition) is 0. The minimum absolute atomic E-state index is 0.595. The third-order valence-electron chi connectivity index (χ3n) is 1.82. The molecular formula is C10H18B. The number of rotatable bonds is 6. The molecule has 0 fully saturated rings. The van der Waals surface area contributed by atoms with Crippen LogP contribution in [0.4, 0.5) is 0 Å². The van der Waals surface area contributed by atoms with Crippen LogP contribution < -0.4 is 0 Å². The van der Waals surface area contributed by atoms with Crippen LogP contribution in [-0.2, 0) is 0 Å². The Balaban J connectivity index is 3.68. The Morgan fingerprint density at radius 3 is 2.64 bits per heavy atom. The molecule has 0 amide bonds. The van der Waals surface area contributed by atoms with E-state index in [0.29, 0.717) is 5.82 Å². The average Bonchev–Trinajstić information content (AvgIpc) is 1.97. The van der Waals surface area contributed by atoms with Crippen LogP contribution in [-0.4, -0.2) is 7.28 Å². The Bertz CT molecular complexity index is 127. The molecule has 1 atom stereocenters. The van der Waals surface area contributed by atoms with Crippen LogP contribution in [0.5, 0.6) is 0 Å². The lowest BCUT2D eigenvalue weighted by Crippen LogP contribution is -2.02. The fourth-order valence-corrected chi connectivity index (χ4v) is 1.14. The van der Waals surface area contributed by atoms with Gasteiger partial charge in [-0.15, -0.1) is 13.2 Å². The molecule has 0 saturated heterocycles. The van der Waals surface area contributed by atoms with E-state index in [4.69, 9.17) is 0 Å². The van der Waals surface area contributed by atoms with Crippen LogP contribution in [0.2, 0.25) is 12.1 Å². The maximum Gasteiger partial charge on any atom is 0.124 e. The summed E-state index contributed by atoms with van der Waals surface area (Å²) in [4.78, 5) is 0. The highest BCUT2D eigenvalue weighted by Crippen LogP contribution is 2.21. The van der Waals surface area contributed by atoms with Crippen LogP contribution in [0.3, 0.4) is 0 Å². The van der Waals surface area contributed by atoms with E-state index in [0.717, 1.165) is 6.32 Å². The first-order valence-corrected chi connectivity index (χ1v) is 4.32. The van der Waals surface area contributed by atoms with Gasteiger partial charge in [-0.2, -0.15) is 0 Å². The van der Waals surface area contributed by atoms with Crippen molar-refractivity contribution in [3.05, 3.63) is 24.8 Å². The zero-order chi connectivity index (χ0) is 8.69. The molecule has 0 spiro atoms. The summed E-state index contributed by atoms with van der Waals surface area (Å²) in [5.41, 5.74) is 1.27. The molecule has 61 valence electrons. The monoisotopic (exact) mass is 149 g/mol. The van der Waals surface area contributed by atoms with Gasteiger partial charge in [-0.05, 0) is 12.7 Å². The second-order valence-corrected chi connectivity index (χ2v) is 3.00. The summed E-state index contributed by atoms with van der Waals surface area (Å²) >= 11 is 0. The average molecular weight is 149 g/mol. The maximum atomic E-state index is 3.96. The van der Waals surface area contributed by atoms with Crippen LogP contribution >= 0.6 is 0 Å². The highest BCUT2D eigenvalue weighted by Gasteiger charge is 2.07. The number of hydrogen-bond donors (Lipinski definition) is 0. The van der Waals surface area contributed by atoms with Crippen molar-refractivity contribution in [3.8, 4) is 0 Å². The van der Waals surface area contributed by atoms with E-state index in [9.17, 15) is 0 Å². The molecule has 1 radical (unpaired) electrons. The second kappa shape index (κ2) is 6.27. The van der Waals surface area contributed by atoms with Gasteiger partial charge in [-0.25, -0.2) is 0 Å². The summed E-state index contributed by atoms with van der Waals surface area (Å²) in [6, 6.07) is 0. The molecule has 0 heterocycles. The Morgan fingerprint density at radius 2 is 2.27 bits per heavy atom. The molecule has 0 aliphatic carbocycles. The molecule has 0 aliphatic rings. The lowest BCUT2D eigenvalue weighted by Gasteiger charge is -2.13. The fraction of sp³-hybridized carbons (Fsp3) is 0.600. The van der Waals surface area contributed by atoms with Gasteiger partial charge in [0.1, 0.15) is 7.28 Å². The quantitative estimate of drug-likeness (QED) is 0.400. The minimum atomic E-state index is 0.595. The van der Waals surface area contributed by atoms with Crippen molar-refractivity contribution in [2.75, 3.05) is 0 Å². The number of allylic oxidation sites excluding steroid dienone is 2. The van der Waals surface area contributed by atoms with Crippen molar-refractivity contribution < 1.29 is 0 Å². The van der Waals surface area contributed by atoms with Crippen molar-refractivity contribution in [3.63, 3.8) is 0 Å². The molecule has 1 unspecified atom stereocenters. The molecular weight excluding hydrogens is 131 g/mol. The van der Waals surface area contributed by atoms with Gasteiger partial charge in [-0.1, -0.05) is 37.7 Å². The molecule has 0 rings (SSSR count). The predicted octanol–water partition coefficient (Wildman–Crippen LogP) is 3.46. The molecule has 0 N–H and O–H groups in total. The van der Waals surface area contributed by atoms with Gasteiger partial charge >= 0.3 is 0 Å². The van der Waals surface area contributed by atoms with Crippen molar-refractivity contribution in [2.45, 2.75) is 38.8 Å². The largest absolute Gasteiger partial charge is 0.124 e. The third-order valence-corrected chi connectivity index (χ3v) is 1.82. The van der Waals surface area contributed by atoms with Crippen molar-refractivity contribution in [1.82, 2.24) is 0 Å². The van der Waals surface area contributed by atoms with Crippen LogP contribution in [0.25, 0.3) is 0 Å². The lowest BCUT2D eigenvalue weighted by molar-refractivity contribution is 0.780. The molecule has 1 heteroatoms. The molecule has 0 aliphatic heterocycles. The van der Waals surface area contributed by atoms with Gasteiger partial charge in [0, 0.05) is 0 Å². The van der Waals surface area contributed by atoms with Gasteiger partial charge in [0.15, 0.2) is 0 Å². The van der Waals surface area contributed by atoms with Gasteiger partial charge in [0.25, 0.3) is 0 Å². The topological polar surface area (TPSA) is 0 Å². The Labute approximate surface area is 71.6 Å². The molecule has 0 bridgehead atoms. The highest BCUT2D eigenvalue weighted by atomic mass is 14.0. The third kappa shape index (κ3) is 4.89. The first kappa shape index (κ1) is 10.5. The van der Waals surface area contributed by atoms with Crippen molar-refractivity contribution in [2.24, 2.45) is 0 Å². The summed E-state index contributed by atoms with van der Waals surface area (Å²) < 4.78 is 0. The standard InChI is InChI=1S/C10H18B/c1-5-7-10(9(3)4)11-8-6-2/h6,10H,2-3,5,7-8H2,1,4H3. The predicted molar refractivity (Wildman–Crippen MR) is 54.2 cm³/mol. The van der Waals surface area contributed by atoms with E-state index in [1.54, 1.807) is 0 Å². The lowest BCUT2D eigenvalue weighted by atomic mass is 9.58. The normalized spacial score (nSPS) is 12.2. The Kier molecular flexibility index (Phi) is 6.01. The summed E-state index contributed by atoms with van der Waals surface area (Å²) in [5, 5.41) is 0. The van der Waals surface area contributed by atoms with E-state index in [1.165, 1.54) is 18.4 Å². The first-order chi connectivity index (χ1) is 5.22. The smallest absolute Gasteiger partial charge is 0.104 e. The molecule has 0 aromatic carbocycles. The fourth-order valence-electron chi connectivity index (χ4n) is 1.14. The van der Waals surface area contributed by atoms with Gasteiger partial charge < -0.3 is 0 Å². The van der Waals surface area contributed by atoms with Gasteiger partial charge in [-0.3, -0.25) is 0 Å². The summed E-state index contributed by atoms with van der Waals surface area (Å²) in [6.45, 7) is 12.0. The minimum Gasteiger partial charge on any atom is -0.104 e. The summed E-state index contributed by atoms with van der Waals surface area (Å²) in [6.07, 6.45) is 5.39. The van der Waals surface area contributed by atoms with Crippen LogP contribution in [0.1, 0.15) is 26.7 Å². The second-order valence-electron chi connectivity index (χ2n) is 3.00. The zero-order valence-corrected chi connectivity index (χ0v) is 7.77. The molecule has 0 nitrogen and oxygen atoms in total.